The second kappa shape index (κ2) is 3.16. The minimum atomic E-state index is 0.0214. The van der Waals surface area contributed by atoms with Crippen molar-refractivity contribution in [3.8, 4) is 0 Å². The fourth-order valence-corrected chi connectivity index (χ4v) is 1.89. The van der Waals surface area contributed by atoms with Gasteiger partial charge in [0, 0.05) is 6.54 Å². The topological polar surface area (TPSA) is 47.3 Å². The van der Waals surface area contributed by atoms with Crippen LogP contribution in [0.15, 0.2) is 4.60 Å². The number of fused-ring (bicyclic) bond motifs is 1. The lowest BCUT2D eigenvalue weighted by Crippen LogP contribution is -2.18. The smallest absolute Gasteiger partial charge is 0.136 e. The molecule has 0 saturated carbocycles. The summed E-state index contributed by atoms with van der Waals surface area (Å²) in [6.45, 7) is 2.04. The summed E-state index contributed by atoms with van der Waals surface area (Å²) in [6, 6.07) is 0. The number of hydrogen-bond donors (Lipinski definition) is 1. The van der Waals surface area contributed by atoms with Crippen molar-refractivity contribution in [1.82, 2.24) is 9.55 Å². The summed E-state index contributed by atoms with van der Waals surface area (Å²) < 4.78 is 7.94. The third-order valence-electron chi connectivity index (χ3n) is 1.94. The Labute approximate surface area is 78.3 Å². The molecule has 1 aliphatic heterocycles. The molecule has 1 N–H and O–H groups in total. The first kappa shape index (κ1) is 8.22. The van der Waals surface area contributed by atoms with Gasteiger partial charge in [0.1, 0.15) is 17.0 Å². The number of aliphatic hydroxyl groups is 1. The van der Waals surface area contributed by atoms with Crippen molar-refractivity contribution < 1.29 is 9.84 Å². The molecule has 0 saturated heterocycles. The fourth-order valence-electron chi connectivity index (χ4n) is 1.35. The average Bonchev–Trinajstić information content (AvgIpc) is 2.40. The maximum atomic E-state index is 9.03. The van der Waals surface area contributed by atoms with E-state index in [0.717, 1.165) is 22.7 Å². The van der Waals surface area contributed by atoms with E-state index >= 15 is 0 Å². The van der Waals surface area contributed by atoms with Gasteiger partial charge in [0.15, 0.2) is 0 Å². The molecule has 5 heteroatoms. The first-order valence-corrected chi connectivity index (χ1v) is 4.54. The minimum Gasteiger partial charge on any atom is -0.390 e. The lowest BCUT2D eigenvalue weighted by Gasteiger charge is -2.15. The standard InChI is InChI=1S/C7H9BrN2O2/c8-7-5(3-11)10-1-2-12-4-6(10)9-7/h11H,1-4H2. The van der Waals surface area contributed by atoms with Crippen molar-refractivity contribution in [3.63, 3.8) is 0 Å². The van der Waals surface area contributed by atoms with Gasteiger partial charge in [-0.15, -0.1) is 0 Å². The molecule has 0 bridgehead atoms. The van der Waals surface area contributed by atoms with Gasteiger partial charge in [-0.25, -0.2) is 4.98 Å². The van der Waals surface area contributed by atoms with E-state index in [9.17, 15) is 0 Å². The fraction of sp³-hybridized carbons (Fsp3) is 0.571. The molecule has 1 aliphatic rings. The number of aromatic nitrogens is 2. The predicted octanol–water partition coefficient (Wildman–Crippen LogP) is 0.668. The predicted molar refractivity (Wildman–Crippen MR) is 45.5 cm³/mol. The number of nitrogens with zero attached hydrogens (tertiary/aromatic N) is 2. The second-order valence-corrected chi connectivity index (χ2v) is 3.38. The molecule has 2 rings (SSSR count). The number of hydrogen-bond acceptors (Lipinski definition) is 3. The van der Waals surface area contributed by atoms with Crippen molar-refractivity contribution in [2.45, 2.75) is 19.8 Å². The highest BCUT2D eigenvalue weighted by molar-refractivity contribution is 9.10. The summed E-state index contributed by atoms with van der Waals surface area (Å²) in [5.74, 6) is 0.886. The Morgan fingerprint density at radius 3 is 3.25 bits per heavy atom. The number of halogens is 1. The summed E-state index contributed by atoms with van der Waals surface area (Å²) in [5, 5.41) is 9.03. The van der Waals surface area contributed by atoms with Crippen molar-refractivity contribution in [2.75, 3.05) is 6.61 Å². The highest BCUT2D eigenvalue weighted by Crippen LogP contribution is 2.20. The van der Waals surface area contributed by atoms with Crippen LogP contribution in [0.3, 0.4) is 0 Å². The van der Waals surface area contributed by atoms with Gasteiger partial charge in [0.25, 0.3) is 0 Å². The first-order valence-electron chi connectivity index (χ1n) is 3.75. The van der Waals surface area contributed by atoms with Gasteiger partial charge in [-0.1, -0.05) is 0 Å². The summed E-state index contributed by atoms with van der Waals surface area (Å²) in [5.41, 5.74) is 0.841. The van der Waals surface area contributed by atoms with Gasteiger partial charge in [-0.3, -0.25) is 0 Å². The molecular formula is C7H9BrN2O2. The van der Waals surface area contributed by atoms with E-state index in [-0.39, 0.29) is 6.61 Å². The van der Waals surface area contributed by atoms with Crippen LogP contribution in [0.4, 0.5) is 0 Å². The maximum absolute atomic E-state index is 9.03. The summed E-state index contributed by atoms with van der Waals surface area (Å²) >= 11 is 3.29. The molecule has 12 heavy (non-hydrogen) atoms. The summed E-state index contributed by atoms with van der Waals surface area (Å²) in [7, 11) is 0. The third kappa shape index (κ3) is 1.18. The Bertz CT molecular complexity index is 298. The molecule has 1 aromatic heterocycles. The summed E-state index contributed by atoms with van der Waals surface area (Å²) in [4.78, 5) is 4.22. The van der Waals surface area contributed by atoms with E-state index in [1.807, 2.05) is 4.57 Å². The van der Waals surface area contributed by atoms with Crippen LogP contribution >= 0.6 is 15.9 Å². The van der Waals surface area contributed by atoms with E-state index in [0.29, 0.717) is 13.2 Å². The van der Waals surface area contributed by atoms with Crippen LogP contribution in [0.2, 0.25) is 0 Å². The van der Waals surface area contributed by atoms with Crippen molar-refractivity contribution in [1.29, 1.82) is 0 Å². The molecule has 0 atom stereocenters. The zero-order valence-corrected chi connectivity index (χ0v) is 8.04. The van der Waals surface area contributed by atoms with Gasteiger partial charge < -0.3 is 14.4 Å². The van der Waals surface area contributed by atoms with Crippen LogP contribution in [0.5, 0.6) is 0 Å². The average molecular weight is 233 g/mol. The number of ether oxygens (including phenoxy) is 1. The number of aliphatic hydroxyl groups excluding tert-OH is 1. The van der Waals surface area contributed by atoms with E-state index in [1.54, 1.807) is 0 Å². The zero-order valence-electron chi connectivity index (χ0n) is 6.46. The molecule has 1 aromatic rings. The Kier molecular flexibility index (Phi) is 2.16. The Morgan fingerprint density at radius 2 is 2.50 bits per heavy atom. The molecular weight excluding hydrogens is 224 g/mol. The highest BCUT2D eigenvalue weighted by Gasteiger charge is 2.17. The lowest BCUT2D eigenvalue weighted by atomic mass is 10.4. The second-order valence-electron chi connectivity index (χ2n) is 2.63. The van der Waals surface area contributed by atoms with Crippen molar-refractivity contribution >= 4 is 15.9 Å². The van der Waals surface area contributed by atoms with Crippen LogP contribution in [-0.2, 0) is 24.5 Å². The Morgan fingerprint density at radius 1 is 1.67 bits per heavy atom. The Hall–Kier alpha value is -0.390. The zero-order chi connectivity index (χ0) is 8.55. The molecule has 0 radical (unpaired) electrons. The summed E-state index contributed by atoms with van der Waals surface area (Å²) in [6.07, 6.45) is 0. The van der Waals surface area contributed by atoms with E-state index in [2.05, 4.69) is 20.9 Å². The van der Waals surface area contributed by atoms with Gasteiger partial charge >= 0.3 is 0 Å². The lowest BCUT2D eigenvalue weighted by molar-refractivity contribution is 0.0791. The molecule has 2 heterocycles. The van der Waals surface area contributed by atoms with E-state index in [1.165, 1.54) is 0 Å². The van der Waals surface area contributed by atoms with Crippen LogP contribution < -0.4 is 0 Å². The molecule has 0 aliphatic carbocycles. The quantitative estimate of drug-likeness (QED) is 0.775. The van der Waals surface area contributed by atoms with Crippen molar-refractivity contribution in [2.24, 2.45) is 0 Å². The number of rotatable bonds is 1. The normalized spacial score (nSPS) is 16.2. The molecule has 66 valence electrons. The first-order chi connectivity index (χ1) is 5.83. The maximum Gasteiger partial charge on any atom is 0.136 e. The molecule has 0 aromatic carbocycles. The monoisotopic (exact) mass is 232 g/mol. The van der Waals surface area contributed by atoms with Gasteiger partial charge in [-0.05, 0) is 15.9 Å². The van der Waals surface area contributed by atoms with Crippen LogP contribution in [0, 0.1) is 0 Å². The SMILES string of the molecule is OCc1c(Br)nc2n1CCOC2. The molecule has 0 amide bonds. The molecule has 0 unspecified atom stereocenters. The van der Waals surface area contributed by atoms with Gasteiger partial charge in [0.05, 0.1) is 18.9 Å². The third-order valence-corrected chi connectivity index (χ3v) is 2.58. The largest absolute Gasteiger partial charge is 0.390 e. The van der Waals surface area contributed by atoms with Gasteiger partial charge in [-0.2, -0.15) is 0 Å². The van der Waals surface area contributed by atoms with Crippen LogP contribution in [-0.4, -0.2) is 21.3 Å². The van der Waals surface area contributed by atoms with E-state index < -0.39 is 0 Å². The highest BCUT2D eigenvalue weighted by atomic mass is 79.9. The molecule has 4 nitrogen and oxygen atoms in total. The molecule has 0 spiro atoms. The molecule has 0 fully saturated rings. The van der Waals surface area contributed by atoms with Gasteiger partial charge in [0.2, 0.25) is 0 Å². The van der Waals surface area contributed by atoms with Crippen molar-refractivity contribution in [3.05, 3.63) is 16.1 Å². The Balaban J connectivity index is 2.46. The van der Waals surface area contributed by atoms with E-state index in [4.69, 9.17) is 9.84 Å². The number of imidazole rings is 1. The minimum absolute atomic E-state index is 0.0214. The van der Waals surface area contributed by atoms with Crippen LogP contribution in [0.25, 0.3) is 0 Å². The van der Waals surface area contributed by atoms with Crippen LogP contribution in [0.1, 0.15) is 11.5 Å².